The Kier molecular flexibility index (Phi) is 6.18. The number of aromatic amines is 1. The molecule has 1 N–H and O–H groups in total. The number of aromatic nitrogens is 3. The van der Waals surface area contributed by atoms with Crippen molar-refractivity contribution in [2.45, 2.75) is 12.8 Å². The largest absolute Gasteiger partial charge is 0.341 e. The summed E-state index contributed by atoms with van der Waals surface area (Å²) in [5.41, 5.74) is 2.93. The number of benzene rings is 2. The first kappa shape index (κ1) is 20.9. The number of hydrogen-bond donors (Lipinski definition) is 1. The summed E-state index contributed by atoms with van der Waals surface area (Å²) in [4.78, 5) is 19.0. The fourth-order valence-corrected chi connectivity index (χ4v) is 4.12. The zero-order valence-electron chi connectivity index (χ0n) is 16.8. The van der Waals surface area contributed by atoms with Crippen molar-refractivity contribution >= 4 is 17.2 Å². The first-order valence-corrected chi connectivity index (χ1v) is 10.6. The zero-order valence-corrected chi connectivity index (χ0v) is 17.6. The Morgan fingerprint density at radius 3 is 2.68 bits per heavy atom. The van der Waals surface area contributed by atoms with E-state index in [-0.39, 0.29) is 17.5 Å². The highest BCUT2D eigenvalue weighted by atomic mass is 32.1. The number of hydrogen-bond acceptors (Lipinski definition) is 4. The molecule has 2 aromatic heterocycles. The Labute approximate surface area is 182 Å². The summed E-state index contributed by atoms with van der Waals surface area (Å²) in [6.45, 7) is 0.552. The number of nitrogens with zero attached hydrogens (tertiary/aromatic N) is 3. The van der Waals surface area contributed by atoms with Crippen LogP contribution in [0.15, 0.2) is 60.8 Å². The van der Waals surface area contributed by atoms with Crippen molar-refractivity contribution in [2.75, 3.05) is 13.6 Å². The van der Waals surface area contributed by atoms with Crippen LogP contribution in [0.5, 0.6) is 0 Å². The third kappa shape index (κ3) is 4.86. The molecule has 0 unspecified atom stereocenters. The molecule has 0 saturated heterocycles. The summed E-state index contributed by atoms with van der Waals surface area (Å²) in [6.07, 6.45) is 2.95. The zero-order chi connectivity index (χ0) is 21.8. The number of carbonyl (C=O) groups excluding carboxylic acids is 1. The van der Waals surface area contributed by atoms with Gasteiger partial charge < -0.3 is 4.90 Å². The summed E-state index contributed by atoms with van der Waals surface area (Å²) < 4.78 is 27.0. The number of thiazole rings is 1. The SMILES string of the molecule is CN(CCCc1cc(-c2ccc(F)cc2)n[nH]1)C(=O)c1cnc(-c2ccccc2F)s1. The molecule has 0 aliphatic rings. The van der Waals surface area contributed by atoms with Crippen LogP contribution in [-0.2, 0) is 6.42 Å². The van der Waals surface area contributed by atoms with E-state index in [1.165, 1.54) is 35.7 Å². The normalized spacial score (nSPS) is 10.9. The second kappa shape index (κ2) is 9.18. The third-order valence-electron chi connectivity index (χ3n) is 4.88. The number of halogens is 2. The fourth-order valence-electron chi connectivity index (χ4n) is 3.19. The Hall–Kier alpha value is -3.39. The van der Waals surface area contributed by atoms with Gasteiger partial charge in [-0.25, -0.2) is 13.8 Å². The average molecular weight is 439 g/mol. The molecule has 5 nitrogen and oxygen atoms in total. The number of aryl methyl sites for hydroxylation is 1. The first-order valence-electron chi connectivity index (χ1n) is 9.77. The standard InChI is InChI=1S/C23H20F2N4OS/c1-29(23(30)21-14-26-22(31-21)18-6-2-3-7-19(18)25)12-4-5-17-13-20(28-27-17)15-8-10-16(24)11-9-15/h2-3,6-11,13-14H,4-5,12H2,1H3,(H,27,28). The second-order valence-electron chi connectivity index (χ2n) is 7.13. The van der Waals surface area contributed by atoms with E-state index >= 15 is 0 Å². The minimum Gasteiger partial charge on any atom is -0.341 e. The van der Waals surface area contributed by atoms with Gasteiger partial charge in [-0.05, 0) is 55.3 Å². The van der Waals surface area contributed by atoms with Gasteiger partial charge in [-0.3, -0.25) is 9.89 Å². The van der Waals surface area contributed by atoms with Crippen molar-refractivity contribution in [3.8, 4) is 21.8 Å². The van der Waals surface area contributed by atoms with Gasteiger partial charge in [0, 0.05) is 30.4 Å². The van der Waals surface area contributed by atoms with Crippen LogP contribution >= 0.6 is 11.3 Å². The summed E-state index contributed by atoms with van der Waals surface area (Å²) in [5, 5.41) is 7.75. The van der Waals surface area contributed by atoms with E-state index in [1.807, 2.05) is 6.07 Å². The molecule has 1 amide bonds. The number of H-pyrrole nitrogens is 1. The lowest BCUT2D eigenvalue weighted by Crippen LogP contribution is -2.27. The summed E-state index contributed by atoms with van der Waals surface area (Å²) >= 11 is 1.18. The molecule has 8 heteroatoms. The van der Waals surface area contributed by atoms with Crippen molar-refractivity contribution in [2.24, 2.45) is 0 Å². The Morgan fingerprint density at radius 1 is 1.13 bits per heavy atom. The Morgan fingerprint density at radius 2 is 1.90 bits per heavy atom. The van der Waals surface area contributed by atoms with Crippen LogP contribution in [0.4, 0.5) is 8.78 Å². The van der Waals surface area contributed by atoms with Gasteiger partial charge in [0.2, 0.25) is 0 Å². The molecule has 0 spiro atoms. The highest BCUT2D eigenvalue weighted by Gasteiger charge is 2.17. The molecule has 0 radical (unpaired) electrons. The molecule has 0 fully saturated rings. The highest BCUT2D eigenvalue weighted by Crippen LogP contribution is 2.28. The van der Waals surface area contributed by atoms with E-state index in [2.05, 4.69) is 15.2 Å². The Bertz CT molecular complexity index is 1190. The van der Waals surface area contributed by atoms with Crippen LogP contribution in [0.3, 0.4) is 0 Å². The van der Waals surface area contributed by atoms with Gasteiger partial charge in [0.05, 0.1) is 11.9 Å². The number of nitrogens with one attached hydrogen (secondary N) is 1. The molecule has 158 valence electrons. The van der Waals surface area contributed by atoms with E-state index in [4.69, 9.17) is 0 Å². The van der Waals surface area contributed by atoms with Crippen molar-refractivity contribution in [3.05, 3.63) is 83.0 Å². The molecular weight excluding hydrogens is 418 g/mol. The predicted octanol–water partition coefficient (Wildman–Crippen LogP) is 5.18. The van der Waals surface area contributed by atoms with Crippen LogP contribution in [0, 0.1) is 11.6 Å². The Balaban J connectivity index is 1.32. The minimum absolute atomic E-state index is 0.142. The number of amides is 1. The van der Waals surface area contributed by atoms with E-state index in [0.29, 0.717) is 22.0 Å². The van der Waals surface area contributed by atoms with Gasteiger partial charge in [0.15, 0.2) is 0 Å². The molecule has 0 aliphatic carbocycles. The first-order chi connectivity index (χ1) is 15.0. The van der Waals surface area contributed by atoms with Crippen molar-refractivity contribution in [3.63, 3.8) is 0 Å². The summed E-state index contributed by atoms with van der Waals surface area (Å²) in [6, 6.07) is 14.5. The third-order valence-corrected chi connectivity index (χ3v) is 5.90. The summed E-state index contributed by atoms with van der Waals surface area (Å²) in [7, 11) is 1.74. The average Bonchev–Trinajstić information content (AvgIpc) is 3.44. The molecule has 0 bridgehead atoms. The quantitative estimate of drug-likeness (QED) is 0.432. The second-order valence-corrected chi connectivity index (χ2v) is 8.16. The molecule has 0 atom stereocenters. The highest BCUT2D eigenvalue weighted by molar-refractivity contribution is 7.16. The number of rotatable bonds is 7. The maximum atomic E-state index is 13.9. The van der Waals surface area contributed by atoms with E-state index in [0.717, 1.165) is 29.8 Å². The molecule has 2 heterocycles. The van der Waals surface area contributed by atoms with E-state index < -0.39 is 0 Å². The van der Waals surface area contributed by atoms with Crippen LogP contribution < -0.4 is 0 Å². The van der Waals surface area contributed by atoms with Crippen LogP contribution in [-0.4, -0.2) is 39.6 Å². The maximum absolute atomic E-state index is 13.9. The molecule has 0 aliphatic heterocycles. The lowest BCUT2D eigenvalue weighted by Gasteiger charge is -2.15. The lowest BCUT2D eigenvalue weighted by atomic mass is 10.1. The molecule has 31 heavy (non-hydrogen) atoms. The smallest absolute Gasteiger partial charge is 0.265 e. The van der Waals surface area contributed by atoms with Crippen molar-refractivity contribution in [1.82, 2.24) is 20.1 Å². The number of carbonyl (C=O) groups is 1. The molecule has 4 aromatic rings. The van der Waals surface area contributed by atoms with E-state index in [9.17, 15) is 13.6 Å². The van der Waals surface area contributed by atoms with E-state index in [1.54, 1.807) is 42.3 Å². The van der Waals surface area contributed by atoms with Crippen molar-refractivity contribution in [1.29, 1.82) is 0 Å². The van der Waals surface area contributed by atoms with Crippen LogP contribution in [0.1, 0.15) is 21.8 Å². The molecule has 4 rings (SSSR count). The maximum Gasteiger partial charge on any atom is 0.265 e. The van der Waals surface area contributed by atoms with Gasteiger partial charge in [0.25, 0.3) is 5.91 Å². The van der Waals surface area contributed by atoms with Gasteiger partial charge in [-0.1, -0.05) is 12.1 Å². The minimum atomic E-state index is -0.358. The summed E-state index contributed by atoms with van der Waals surface area (Å²) in [5.74, 6) is -0.783. The van der Waals surface area contributed by atoms with Crippen LogP contribution in [0.2, 0.25) is 0 Å². The van der Waals surface area contributed by atoms with Gasteiger partial charge in [-0.15, -0.1) is 11.3 Å². The molecule has 0 saturated carbocycles. The lowest BCUT2D eigenvalue weighted by molar-refractivity contribution is 0.0798. The monoisotopic (exact) mass is 438 g/mol. The van der Waals surface area contributed by atoms with Crippen LogP contribution in [0.25, 0.3) is 21.8 Å². The molecular formula is C23H20F2N4OS. The van der Waals surface area contributed by atoms with Gasteiger partial charge in [0.1, 0.15) is 21.5 Å². The predicted molar refractivity (Wildman–Crippen MR) is 117 cm³/mol. The van der Waals surface area contributed by atoms with Gasteiger partial charge >= 0.3 is 0 Å². The fraction of sp³-hybridized carbons (Fsp3) is 0.174. The van der Waals surface area contributed by atoms with Crippen molar-refractivity contribution < 1.29 is 13.6 Å². The topological polar surface area (TPSA) is 61.9 Å². The van der Waals surface area contributed by atoms with Gasteiger partial charge in [-0.2, -0.15) is 5.10 Å². The molecule has 2 aromatic carbocycles.